The van der Waals surface area contributed by atoms with Gasteiger partial charge in [0.05, 0.1) is 5.52 Å². The minimum atomic E-state index is -0.719. The highest BCUT2D eigenvalue weighted by Crippen LogP contribution is 2.20. The number of aromatic nitrogens is 1. The van der Waals surface area contributed by atoms with Crippen molar-refractivity contribution in [3.63, 3.8) is 0 Å². The lowest BCUT2D eigenvalue weighted by molar-refractivity contribution is -0.137. The molecule has 4 nitrogen and oxygen atoms in total. The highest BCUT2D eigenvalue weighted by atomic mass is 16.5. The zero-order valence-corrected chi connectivity index (χ0v) is 14.7. The lowest BCUT2D eigenvalue weighted by Crippen LogP contribution is -1.98. The smallest absolute Gasteiger partial charge is 0.303 e. The molecule has 4 heteroatoms. The molecule has 1 aromatic heterocycles. The molecule has 0 unspecified atom stereocenters. The van der Waals surface area contributed by atoms with Gasteiger partial charge < -0.3 is 9.84 Å². The Morgan fingerprint density at radius 1 is 1.00 bits per heavy atom. The molecule has 3 rings (SSSR count). The van der Waals surface area contributed by atoms with Gasteiger partial charge in [0.25, 0.3) is 0 Å². The maximum Gasteiger partial charge on any atom is 0.303 e. The third kappa shape index (κ3) is 5.06. The first-order chi connectivity index (χ1) is 12.7. The molecule has 1 heterocycles. The van der Waals surface area contributed by atoms with Crippen LogP contribution in [0.25, 0.3) is 10.9 Å². The van der Waals surface area contributed by atoms with Gasteiger partial charge in [-0.3, -0.25) is 9.78 Å². The predicted molar refractivity (Wildman–Crippen MR) is 102 cm³/mol. The zero-order chi connectivity index (χ0) is 18.2. The molecule has 0 spiro atoms. The average Bonchev–Trinajstić information content (AvgIpc) is 2.66. The number of para-hydroxylation sites is 1. The van der Waals surface area contributed by atoms with Crippen molar-refractivity contribution in [2.45, 2.75) is 38.7 Å². The Kier molecular flexibility index (Phi) is 6.20. The SMILES string of the molecule is O=C(O)CCCCCc1cccc(OCc2cccc3cccnc23)c1. The van der Waals surface area contributed by atoms with Crippen molar-refractivity contribution in [2.75, 3.05) is 0 Å². The standard InChI is InChI=1S/C22H23NO3/c24-21(25)13-3-1-2-7-17-8-4-12-20(15-17)26-16-19-10-5-9-18-11-6-14-23-22(18)19/h4-6,8-12,14-15H,1-3,7,13,16H2,(H,24,25). The first-order valence-corrected chi connectivity index (χ1v) is 8.98. The molecular weight excluding hydrogens is 326 g/mol. The summed E-state index contributed by atoms with van der Waals surface area (Å²) in [6.45, 7) is 0.483. The average molecular weight is 349 g/mol. The van der Waals surface area contributed by atoms with E-state index in [0.717, 1.165) is 47.9 Å². The summed E-state index contributed by atoms with van der Waals surface area (Å²) >= 11 is 0. The summed E-state index contributed by atoms with van der Waals surface area (Å²) in [7, 11) is 0. The van der Waals surface area contributed by atoms with Gasteiger partial charge in [0, 0.05) is 23.6 Å². The van der Waals surface area contributed by atoms with E-state index in [2.05, 4.69) is 29.2 Å². The number of ether oxygens (including phenoxy) is 1. The van der Waals surface area contributed by atoms with Gasteiger partial charge in [-0.2, -0.15) is 0 Å². The number of fused-ring (bicyclic) bond motifs is 1. The van der Waals surface area contributed by atoms with Crippen LogP contribution >= 0.6 is 0 Å². The number of benzene rings is 2. The first-order valence-electron chi connectivity index (χ1n) is 8.98. The number of aryl methyl sites for hydroxylation is 1. The van der Waals surface area contributed by atoms with E-state index in [1.165, 1.54) is 5.56 Å². The summed E-state index contributed by atoms with van der Waals surface area (Å²) in [5.74, 6) is 0.129. The van der Waals surface area contributed by atoms with E-state index >= 15 is 0 Å². The van der Waals surface area contributed by atoms with Crippen molar-refractivity contribution < 1.29 is 14.6 Å². The normalized spacial score (nSPS) is 10.8. The first kappa shape index (κ1) is 17.9. The van der Waals surface area contributed by atoms with E-state index in [4.69, 9.17) is 9.84 Å². The Labute approximate surface area is 153 Å². The summed E-state index contributed by atoms with van der Waals surface area (Å²) in [6, 6.07) is 18.2. The van der Waals surface area contributed by atoms with E-state index in [1.807, 2.05) is 30.3 Å². The van der Waals surface area contributed by atoms with E-state index in [0.29, 0.717) is 6.61 Å². The second kappa shape index (κ2) is 8.99. The minimum absolute atomic E-state index is 0.252. The molecule has 0 radical (unpaired) electrons. The van der Waals surface area contributed by atoms with Gasteiger partial charge >= 0.3 is 5.97 Å². The molecule has 0 fully saturated rings. The second-order valence-corrected chi connectivity index (χ2v) is 6.38. The summed E-state index contributed by atoms with van der Waals surface area (Å²) in [4.78, 5) is 15.0. The Morgan fingerprint density at radius 3 is 2.73 bits per heavy atom. The van der Waals surface area contributed by atoms with Crippen LogP contribution in [0.4, 0.5) is 0 Å². The van der Waals surface area contributed by atoms with Crippen LogP contribution in [-0.4, -0.2) is 16.1 Å². The van der Waals surface area contributed by atoms with Crippen LogP contribution in [0.1, 0.15) is 36.8 Å². The number of rotatable bonds is 9. The number of hydrogen-bond acceptors (Lipinski definition) is 3. The van der Waals surface area contributed by atoms with Crippen LogP contribution in [-0.2, 0) is 17.8 Å². The summed E-state index contributed by atoms with van der Waals surface area (Å²) < 4.78 is 5.98. The predicted octanol–water partition coefficient (Wildman–Crippen LogP) is 5.00. The topological polar surface area (TPSA) is 59.4 Å². The molecule has 0 aliphatic rings. The van der Waals surface area contributed by atoms with E-state index in [-0.39, 0.29) is 6.42 Å². The molecule has 1 N–H and O–H groups in total. The number of hydrogen-bond donors (Lipinski definition) is 1. The fraction of sp³-hybridized carbons (Fsp3) is 0.273. The van der Waals surface area contributed by atoms with Crippen LogP contribution in [0.15, 0.2) is 60.8 Å². The minimum Gasteiger partial charge on any atom is -0.489 e. The van der Waals surface area contributed by atoms with E-state index in [9.17, 15) is 4.79 Å². The van der Waals surface area contributed by atoms with Gasteiger partial charge in [-0.25, -0.2) is 0 Å². The van der Waals surface area contributed by atoms with Gasteiger partial charge in [-0.15, -0.1) is 0 Å². The molecule has 0 bridgehead atoms. The monoisotopic (exact) mass is 349 g/mol. The van der Waals surface area contributed by atoms with Gasteiger partial charge in [-0.05, 0) is 43.0 Å². The van der Waals surface area contributed by atoms with E-state index < -0.39 is 5.97 Å². The van der Waals surface area contributed by atoms with Crippen molar-refractivity contribution in [3.05, 3.63) is 71.9 Å². The lowest BCUT2D eigenvalue weighted by atomic mass is 10.1. The molecule has 0 saturated heterocycles. The highest BCUT2D eigenvalue weighted by molar-refractivity contribution is 5.81. The molecule has 3 aromatic rings. The number of nitrogens with zero attached hydrogens (tertiary/aromatic N) is 1. The Hall–Kier alpha value is -2.88. The molecule has 0 atom stereocenters. The summed E-state index contributed by atoms with van der Waals surface area (Å²) in [6.07, 6.45) is 5.65. The second-order valence-electron chi connectivity index (χ2n) is 6.38. The number of carboxylic acid groups (broad SMARTS) is 1. The van der Waals surface area contributed by atoms with Crippen LogP contribution in [0.2, 0.25) is 0 Å². The van der Waals surface area contributed by atoms with Gasteiger partial charge in [0.1, 0.15) is 12.4 Å². The summed E-state index contributed by atoms with van der Waals surface area (Å²) in [5.41, 5.74) is 3.26. The van der Waals surface area contributed by atoms with Crippen LogP contribution in [0.5, 0.6) is 5.75 Å². The Bertz CT molecular complexity index is 871. The number of pyridine rings is 1. The quantitative estimate of drug-likeness (QED) is 0.552. The third-order valence-electron chi connectivity index (χ3n) is 4.37. The summed E-state index contributed by atoms with van der Waals surface area (Å²) in [5, 5.41) is 9.78. The van der Waals surface area contributed by atoms with Gasteiger partial charge in [0.15, 0.2) is 0 Å². The van der Waals surface area contributed by atoms with Crippen LogP contribution in [0.3, 0.4) is 0 Å². The van der Waals surface area contributed by atoms with Crippen molar-refractivity contribution in [2.24, 2.45) is 0 Å². The molecular formula is C22H23NO3. The molecule has 2 aromatic carbocycles. The highest BCUT2D eigenvalue weighted by Gasteiger charge is 2.04. The number of aliphatic carboxylic acids is 1. The van der Waals surface area contributed by atoms with Gasteiger partial charge in [0.2, 0.25) is 0 Å². The largest absolute Gasteiger partial charge is 0.489 e. The number of carbonyl (C=O) groups is 1. The fourth-order valence-electron chi connectivity index (χ4n) is 3.02. The van der Waals surface area contributed by atoms with E-state index in [1.54, 1.807) is 6.20 Å². The lowest BCUT2D eigenvalue weighted by Gasteiger charge is -2.10. The maximum absolute atomic E-state index is 10.5. The molecule has 26 heavy (non-hydrogen) atoms. The third-order valence-corrected chi connectivity index (χ3v) is 4.37. The van der Waals surface area contributed by atoms with Crippen LogP contribution in [0, 0.1) is 0 Å². The number of unbranched alkanes of at least 4 members (excludes halogenated alkanes) is 2. The zero-order valence-electron chi connectivity index (χ0n) is 14.7. The van der Waals surface area contributed by atoms with Crippen molar-refractivity contribution >= 4 is 16.9 Å². The molecule has 134 valence electrons. The molecule has 0 saturated carbocycles. The van der Waals surface area contributed by atoms with Crippen molar-refractivity contribution in [1.29, 1.82) is 0 Å². The van der Waals surface area contributed by atoms with Crippen LogP contribution < -0.4 is 4.74 Å². The van der Waals surface area contributed by atoms with Crippen molar-refractivity contribution in [3.8, 4) is 5.75 Å². The fourth-order valence-corrected chi connectivity index (χ4v) is 3.02. The molecule has 0 aliphatic heterocycles. The molecule has 0 aliphatic carbocycles. The number of carboxylic acids is 1. The van der Waals surface area contributed by atoms with Crippen molar-refractivity contribution in [1.82, 2.24) is 4.98 Å². The Balaban J connectivity index is 1.56. The Morgan fingerprint density at radius 2 is 1.85 bits per heavy atom. The molecule has 0 amide bonds. The maximum atomic E-state index is 10.5. The van der Waals surface area contributed by atoms with Gasteiger partial charge in [-0.1, -0.05) is 42.8 Å².